The zero-order valence-electron chi connectivity index (χ0n) is 10.6. The highest BCUT2D eigenvalue weighted by molar-refractivity contribution is 6.30. The van der Waals surface area contributed by atoms with Crippen molar-refractivity contribution in [1.82, 2.24) is 4.90 Å². The highest BCUT2D eigenvalue weighted by Crippen LogP contribution is 2.37. The molecule has 2 N–H and O–H groups in total. The van der Waals surface area contributed by atoms with Gasteiger partial charge in [0.25, 0.3) is 5.91 Å². The standard InChI is InChI=1S/C14H17ClN2O.ClH/c15-11-3-1-2-9(6-11)14(18)17-7-10-4-5-13(16)12(10)8-17;/h1-3,6,10,12-13H,4-5,7-8,16H2;1H. The minimum atomic E-state index is 0. The highest BCUT2D eigenvalue weighted by Gasteiger charge is 2.42. The van der Waals surface area contributed by atoms with Crippen LogP contribution in [0.25, 0.3) is 0 Å². The van der Waals surface area contributed by atoms with Crippen LogP contribution in [0.5, 0.6) is 0 Å². The number of amides is 1. The molecule has 0 bridgehead atoms. The van der Waals surface area contributed by atoms with Gasteiger partial charge in [0.1, 0.15) is 0 Å². The molecule has 0 spiro atoms. The van der Waals surface area contributed by atoms with Crippen molar-refractivity contribution in [3.63, 3.8) is 0 Å². The van der Waals surface area contributed by atoms with Crippen molar-refractivity contribution < 1.29 is 4.79 Å². The number of halogens is 2. The smallest absolute Gasteiger partial charge is 0.253 e. The molecular formula is C14H18Cl2N2O. The maximum absolute atomic E-state index is 12.4. The van der Waals surface area contributed by atoms with E-state index in [9.17, 15) is 4.79 Å². The molecule has 1 aromatic rings. The van der Waals surface area contributed by atoms with Crippen molar-refractivity contribution in [3.8, 4) is 0 Å². The fraction of sp³-hybridized carbons (Fsp3) is 0.500. The summed E-state index contributed by atoms with van der Waals surface area (Å²) in [4.78, 5) is 14.3. The van der Waals surface area contributed by atoms with Crippen LogP contribution < -0.4 is 5.73 Å². The quantitative estimate of drug-likeness (QED) is 0.866. The molecule has 3 unspecified atom stereocenters. The Labute approximate surface area is 124 Å². The van der Waals surface area contributed by atoms with Gasteiger partial charge in [-0.3, -0.25) is 4.79 Å². The summed E-state index contributed by atoms with van der Waals surface area (Å²) < 4.78 is 0. The van der Waals surface area contributed by atoms with Gasteiger partial charge >= 0.3 is 0 Å². The first-order valence-corrected chi connectivity index (χ1v) is 6.83. The monoisotopic (exact) mass is 300 g/mol. The van der Waals surface area contributed by atoms with Crippen molar-refractivity contribution >= 4 is 29.9 Å². The zero-order valence-corrected chi connectivity index (χ0v) is 12.2. The van der Waals surface area contributed by atoms with Gasteiger partial charge in [0.2, 0.25) is 0 Å². The molecule has 19 heavy (non-hydrogen) atoms. The predicted molar refractivity (Wildman–Crippen MR) is 78.8 cm³/mol. The average Bonchev–Trinajstić information content (AvgIpc) is 2.91. The van der Waals surface area contributed by atoms with Crippen molar-refractivity contribution in [2.24, 2.45) is 17.6 Å². The van der Waals surface area contributed by atoms with Crippen LogP contribution in [0.15, 0.2) is 24.3 Å². The molecule has 1 saturated heterocycles. The number of hydrogen-bond donors (Lipinski definition) is 1. The second kappa shape index (κ2) is 5.70. The lowest BCUT2D eigenvalue weighted by Crippen LogP contribution is -2.33. The molecule has 1 aliphatic heterocycles. The van der Waals surface area contributed by atoms with Crippen LogP contribution in [0.4, 0.5) is 0 Å². The Morgan fingerprint density at radius 1 is 1.32 bits per heavy atom. The summed E-state index contributed by atoms with van der Waals surface area (Å²) in [5, 5.41) is 0.608. The highest BCUT2D eigenvalue weighted by atomic mass is 35.5. The molecule has 5 heteroatoms. The van der Waals surface area contributed by atoms with Gasteiger partial charge in [-0.2, -0.15) is 0 Å². The van der Waals surface area contributed by atoms with E-state index in [0.717, 1.165) is 25.9 Å². The first kappa shape index (κ1) is 14.6. The average molecular weight is 301 g/mol. The van der Waals surface area contributed by atoms with Gasteiger partial charge in [-0.1, -0.05) is 17.7 Å². The number of nitrogens with two attached hydrogens (primary N) is 1. The summed E-state index contributed by atoms with van der Waals surface area (Å²) in [6, 6.07) is 7.43. The maximum Gasteiger partial charge on any atom is 0.253 e. The van der Waals surface area contributed by atoms with E-state index in [1.807, 2.05) is 17.0 Å². The molecule has 2 fully saturated rings. The van der Waals surface area contributed by atoms with Crippen LogP contribution in [0.2, 0.25) is 5.02 Å². The Morgan fingerprint density at radius 3 is 2.79 bits per heavy atom. The van der Waals surface area contributed by atoms with Gasteiger partial charge in [0.05, 0.1) is 0 Å². The van der Waals surface area contributed by atoms with Gasteiger partial charge in [-0.05, 0) is 42.9 Å². The molecule has 3 atom stereocenters. The van der Waals surface area contributed by atoms with Gasteiger partial charge in [0.15, 0.2) is 0 Å². The van der Waals surface area contributed by atoms with E-state index in [2.05, 4.69) is 0 Å². The fourth-order valence-corrected chi connectivity index (χ4v) is 3.47. The molecule has 1 aliphatic carbocycles. The topological polar surface area (TPSA) is 46.3 Å². The van der Waals surface area contributed by atoms with Crippen LogP contribution in [-0.2, 0) is 0 Å². The normalized spacial score (nSPS) is 28.9. The Balaban J connectivity index is 0.00000133. The third-order valence-corrected chi connectivity index (χ3v) is 4.51. The molecule has 1 heterocycles. The third kappa shape index (κ3) is 2.73. The van der Waals surface area contributed by atoms with Crippen LogP contribution >= 0.6 is 24.0 Å². The number of likely N-dealkylation sites (tertiary alicyclic amines) is 1. The Kier molecular flexibility index (Phi) is 4.39. The molecule has 1 saturated carbocycles. The number of nitrogens with zero attached hydrogens (tertiary/aromatic N) is 1. The lowest BCUT2D eigenvalue weighted by molar-refractivity contribution is 0.0779. The van der Waals surface area contributed by atoms with Gasteiger partial charge in [-0.25, -0.2) is 0 Å². The summed E-state index contributed by atoms with van der Waals surface area (Å²) in [5.74, 6) is 1.18. The van der Waals surface area contributed by atoms with E-state index < -0.39 is 0 Å². The van der Waals surface area contributed by atoms with E-state index in [0.29, 0.717) is 22.4 Å². The summed E-state index contributed by atoms with van der Waals surface area (Å²) in [5.41, 5.74) is 6.76. The van der Waals surface area contributed by atoms with Gasteiger partial charge < -0.3 is 10.6 Å². The molecule has 1 amide bonds. The van der Waals surface area contributed by atoms with Gasteiger partial charge in [0, 0.05) is 29.7 Å². The Hall–Kier alpha value is -0.770. The SMILES string of the molecule is Cl.NC1CCC2CN(C(=O)c3cccc(Cl)c3)CC12. The Morgan fingerprint density at radius 2 is 2.11 bits per heavy atom. The number of carbonyl (C=O) groups is 1. The van der Waals surface area contributed by atoms with E-state index in [-0.39, 0.29) is 24.4 Å². The van der Waals surface area contributed by atoms with Crippen LogP contribution in [-0.4, -0.2) is 29.9 Å². The van der Waals surface area contributed by atoms with Crippen molar-refractivity contribution in [3.05, 3.63) is 34.9 Å². The summed E-state index contributed by atoms with van der Waals surface area (Å²) in [6.07, 6.45) is 2.26. The second-order valence-electron chi connectivity index (χ2n) is 5.39. The molecule has 3 rings (SSSR count). The molecule has 0 radical (unpaired) electrons. The maximum atomic E-state index is 12.4. The van der Waals surface area contributed by atoms with Gasteiger partial charge in [-0.15, -0.1) is 12.4 Å². The van der Waals surface area contributed by atoms with E-state index in [1.165, 1.54) is 0 Å². The lowest BCUT2D eigenvalue weighted by atomic mass is 9.98. The molecule has 3 nitrogen and oxygen atoms in total. The van der Waals surface area contributed by atoms with Crippen molar-refractivity contribution in [1.29, 1.82) is 0 Å². The molecule has 104 valence electrons. The fourth-order valence-electron chi connectivity index (χ4n) is 3.28. The third-order valence-electron chi connectivity index (χ3n) is 4.27. The van der Waals surface area contributed by atoms with E-state index >= 15 is 0 Å². The summed E-state index contributed by atoms with van der Waals surface area (Å²) >= 11 is 5.92. The summed E-state index contributed by atoms with van der Waals surface area (Å²) in [6.45, 7) is 1.65. The number of hydrogen-bond acceptors (Lipinski definition) is 2. The number of carbonyl (C=O) groups excluding carboxylic acids is 1. The minimum Gasteiger partial charge on any atom is -0.338 e. The van der Waals surface area contributed by atoms with Crippen LogP contribution in [0.3, 0.4) is 0 Å². The van der Waals surface area contributed by atoms with Crippen molar-refractivity contribution in [2.75, 3.05) is 13.1 Å². The largest absolute Gasteiger partial charge is 0.338 e. The molecule has 2 aliphatic rings. The Bertz CT molecular complexity index is 480. The molecular weight excluding hydrogens is 283 g/mol. The minimum absolute atomic E-state index is 0. The van der Waals surface area contributed by atoms with E-state index in [4.69, 9.17) is 17.3 Å². The first-order chi connectivity index (χ1) is 8.65. The van der Waals surface area contributed by atoms with Crippen LogP contribution in [0.1, 0.15) is 23.2 Å². The van der Waals surface area contributed by atoms with Crippen LogP contribution in [0, 0.1) is 11.8 Å². The molecule has 1 aromatic carbocycles. The number of fused-ring (bicyclic) bond motifs is 1. The predicted octanol–water partition coefficient (Wildman–Crippen LogP) is 2.57. The summed E-state index contributed by atoms with van der Waals surface area (Å²) in [7, 11) is 0. The first-order valence-electron chi connectivity index (χ1n) is 6.45. The lowest BCUT2D eigenvalue weighted by Gasteiger charge is -2.18. The van der Waals surface area contributed by atoms with Crippen molar-refractivity contribution in [2.45, 2.75) is 18.9 Å². The number of benzene rings is 1. The number of rotatable bonds is 1. The second-order valence-corrected chi connectivity index (χ2v) is 5.82. The van der Waals surface area contributed by atoms with E-state index in [1.54, 1.807) is 12.1 Å². The zero-order chi connectivity index (χ0) is 12.7. The molecule has 0 aromatic heterocycles.